The molecule has 0 aliphatic heterocycles. The minimum atomic E-state index is -4.64. The summed E-state index contributed by atoms with van der Waals surface area (Å²) >= 11 is 0. The molecular weight excluding hydrogens is 216 g/mol. The van der Waals surface area contributed by atoms with Crippen LogP contribution >= 0.6 is 7.82 Å². The zero-order valence-electron chi connectivity index (χ0n) is 3.26. The minimum Gasteiger partial charge on any atom is -0.303 e. The van der Waals surface area contributed by atoms with E-state index >= 15 is 0 Å². The van der Waals surface area contributed by atoms with Gasteiger partial charge in [-0.25, -0.2) is 4.57 Å². The van der Waals surface area contributed by atoms with Crippen molar-refractivity contribution in [2.45, 2.75) is 0 Å². The van der Waals surface area contributed by atoms with Gasteiger partial charge in [-0.1, -0.05) is 0 Å². The Labute approximate surface area is 63.8 Å². The first-order chi connectivity index (χ1) is 2.00. The summed E-state index contributed by atoms with van der Waals surface area (Å²) in [7, 11) is -4.64. The van der Waals surface area contributed by atoms with Crippen molar-refractivity contribution in [3.05, 3.63) is 0 Å². The Hall–Kier alpha value is 1.25. The SMILES string of the molecule is O=P(O)(O)O.[Fe].[Zn]. The van der Waals surface area contributed by atoms with Crippen LogP contribution in [0.3, 0.4) is 0 Å². The molecular formula is H3FeO4PZn. The first-order valence-electron chi connectivity index (χ1n) is 0.783. The van der Waals surface area contributed by atoms with Crippen LogP contribution in [-0.4, -0.2) is 14.7 Å². The van der Waals surface area contributed by atoms with Crippen LogP contribution in [0.15, 0.2) is 0 Å². The predicted octanol–water partition coefficient (Wildman–Crippen LogP) is -0.934. The molecule has 0 fully saturated rings. The zero-order valence-corrected chi connectivity index (χ0v) is 8.22. The third-order valence-electron chi connectivity index (χ3n) is 0. The van der Waals surface area contributed by atoms with Gasteiger partial charge in [0.25, 0.3) is 0 Å². The number of phosphoric acid groups is 1. The Bertz CT molecular complexity index is 57.8. The van der Waals surface area contributed by atoms with Gasteiger partial charge in [0.15, 0.2) is 0 Å². The molecule has 0 aliphatic rings. The number of rotatable bonds is 0. The van der Waals surface area contributed by atoms with E-state index in [1.807, 2.05) is 0 Å². The summed E-state index contributed by atoms with van der Waals surface area (Å²) in [6.45, 7) is 0. The molecule has 0 bridgehead atoms. The third-order valence-corrected chi connectivity index (χ3v) is 0. The molecule has 0 saturated carbocycles. The average molecular weight is 219 g/mol. The molecule has 0 unspecified atom stereocenters. The molecule has 7 heteroatoms. The first kappa shape index (κ1) is 15.7. The predicted molar refractivity (Wildman–Crippen MR) is 14.3 cm³/mol. The van der Waals surface area contributed by atoms with Crippen molar-refractivity contribution in [2.24, 2.45) is 0 Å². The number of hydrogen-bond donors (Lipinski definition) is 3. The van der Waals surface area contributed by atoms with Crippen LogP contribution in [0.4, 0.5) is 0 Å². The fourth-order valence-electron chi connectivity index (χ4n) is 0. The summed E-state index contributed by atoms with van der Waals surface area (Å²) < 4.78 is 8.88. The van der Waals surface area contributed by atoms with Crippen LogP contribution in [0.1, 0.15) is 0 Å². The van der Waals surface area contributed by atoms with Crippen LogP contribution in [0.2, 0.25) is 0 Å². The maximum atomic E-state index is 8.88. The standard InChI is InChI=1S/Fe.H3O4P.Zn/c;1-5(2,3)4;/h;(H3,1,2,3,4);. The van der Waals surface area contributed by atoms with Crippen molar-refractivity contribution >= 4 is 7.82 Å². The molecule has 0 saturated heterocycles. The maximum Gasteiger partial charge on any atom is 0.466 e. The van der Waals surface area contributed by atoms with E-state index in [1.54, 1.807) is 0 Å². The molecule has 0 heterocycles. The molecule has 0 radical (unpaired) electrons. The second kappa shape index (κ2) is 5.39. The van der Waals surface area contributed by atoms with Crippen molar-refractivity contribution < 1.29 is 55.8 Å². The summed E-state index contributed by atoms with van der Waals surface area (Å²) in [6.07, 6.45) is 0. The largest absolute Gasteiger partial charge is 0.466 e. The second-order valence-electron chi connectivity index (χ2n) is 0.513. The molecule has 42 valence electrons. The molecule has 0 aromatic carbocycles. The second-order valence-corrected chi connectivity index (χ2v) is 1.54. The molecule has 0 aliphatic carbocycles. The Morgan fingerprint density at radius 3 is 1.14 bits per heavy atom. The molecule has 7 heavy (non-hydrogen) atoms. The van der Waals surface area contributed by atoms with Gasteiger partial charge >= 0.3 is 7.82 Å². The fraction of sp³-hybridized carbons (Fsp3) is 0. The van der Waals surface area contributed by atoms with Crippen LogP contribution in [-0.2, 0) is 41.1 Å². The van der Waals surface area contributed by atoms with Gasteiger partial charge in [0.2, 0.25) is 0 Å². The van der Waals surface area contributed by atoms with Crippen LogP contribution in [0.5, 0.6) is 0 Å². The van der Waals surface area contributed by atoms with Crippen molar-refractivity contribution in [2.75, 3.05) is 0 Å². The van der Waals surface area contributed by atoms with E-state index in [4.69, 9.17) is 19.2 Å². The molecule has 0 amide bonds. The normalized spacial score (nSPS) is 8.43. The molecule has 3 N–H and O–H groups in total. The van der Waals surface area contributed by atoms with Crippen LogP contribution in [0.25, 0.3) is 0 Å². The van der Waals surface area contributed by atoms with Gasteiger partial charge < -0.3 is 14.7 Å². The molecule has 0 aromatic heterocycles. The summed E-state index contributed by atoms with van der Waals surface area (Å²) in [5.41, 5.74) is 0. The molecule has 0 aromatic rings. The van der Waals surface area contributed by atoms with E-state index in [-0.39, 0.29) is 36.5 Å². The number of hydrogen-bond acceptors (Lipinski definition) is 1. The van der Waals surface area contributed by atoms with Crippen LogP contribution in [0, 0.1) is 0 Å². The minimum absolute atomic E-state index is 0. The summed E-state index contributed by atoms with van der Waals surface area (Å²) in [6, 6.07) is 0. The maximum absolute atomic E-state index is 8.88. The van der Waals surface area contributed by atoms with Gasteiger partial charge in [-0.3, -0.25) is 0 Å². The molecule has 0 spiro atoms. The van der Waals surface area contributed by atoms with E-state index in [0.29, 0.717) is 0 Å². The van der Waals surface area contributed by atoms with Crippen molar-refractivity contribution in [1.82, 2.24) is 0 Å². The molecule has 0 atom stereocenters. The van der Waals surface area contributed by atoms with E-state index in [2.05, 4.69) is 0 Å². The van der Waals surface area contributed by atoms with Crippen molar-refractivity contribution in [3.8, 4) is 0 Å². The topological polar surface area (TPSA) is 77.8 Å². The monoisotopic (exact) mass is 218 g/mol. The van der Waals surface area contributed by atoms with Gasteiger partial charge in [0.1, 0.15) is 0 Å². The Morgan fingerprint density at radius 1 is 1.14 bits per heavy atom. The third kappa shape index (κ3) is 127. The van der Waals surface area contributed by atoms with Crippen molar-refractivity contribution in [3.63, 3.8) is 0 Å². The van der Waals surface area contributed by atoms with Gasteiger partial charge in [0, 0.05) is 36.5 Å². The average Bonchev–Trinajstić information content (AvgIpc) is 0.722. The Morgan fingerprint density at radius 2 is 1.14 bits per heavy atom. The summed E-state index contributed by atoms with van der Waals surface area (Å²) in [5.74, 6) is 0. The smallest absolute Gasteiger partial charge is 0.303 e. The Balaban J connectivity index is -0.0000000800. The quantitative estimate of drug-likeness (QED) is 0.363. The van der Waals surface area contributed by atoms with Gasteiger partial charge in [0.05, 0.1) is 0 Å². The van der Waals surface area contributed by atoms with Crippen molar-refractivity contribution in [1.29, 1.82) is 0 Å². The Kier molecular flexibility index (Phi) is 12.1. The fourth-order valence-corrected chi connectivity index (χ4v) is 0. The van der Waals surface area contributed by atoms with Gasteiger partial charge in [-0.05, 0) is 0 Å². The van der Waals surface area contributed by atoms with E-state index < -0.39 is 7.82 Å². The summed E-state index contributed by atoms with van der Waals surface area (Å²) in [4.78, 5) is 21.6. The molecule has 0 rings (SSSR count). The molecule has 4 nitrogen and oxygen atoms in total. The summed E-state index contributed by atoms with van der Waals surface area (Å²) in [5, 5.41) is 0. The van der Waals surface area contributed by atoms with Crippen LogP contribution < -0.4 is 0 Å². The van der Waals surface area contributed by atoms with E-state index in [0.717, 1.165) is 0 Å². The first-order valence-corrected chi connectivity index (χ1v) is 2.35. The van der Waals surface area contributed by atoms with Gasteiger partial charge in [-0.15, -0.1) is 0 Å². The zero-order chi connectivity index (χ0) is 4.50. The van der Waals surface area contributed by atoms with E-state index in [1.165, 1.54) is 0 Å². The van der Waals surface area contributed by atoms with Gasteiger partial charge in [-0.2, -0.15) is 0 Å². The van der Waals surface area contributed by atoms with E-state index in [9.17, 15) is 0 Å².